The van der Waals surface area contributed by atoms with Crippen molar-refractivity contribution in [3.8, 4) is 6.07 Å². The molecule has 0 aliphatic carbocycles. The number of benzene rings is 2. The summed E-state index contributed by atoms with van der Waals surface area (Å²) in [5, 5.41) is 12.4. The van der Waals surface area contributed by atoms with Crippen molar-refractivity contribution >= 4 is 22.3 Å². The molecule has 0 spiro atoms. The van der Waals surface area contributed by atoms with Gasteiger partial charge in [-0.15, -0.1) is 0 Å². The first-order valence-corrected chi connectivity index (χ1v) is 6.24. The fraction of sp³-hybridized carbons (Fsp3) is 0. The second-order valence-electron chi connectivity index (χ2n) is 4.28. The Balaban J connectivity index is 1.91. The first-order chi connectivity index (χ1) is 9.86. The minimum absolute atomic E-state index is 0.463. The van der Waals surface area contributed by atoms with Crippen molar-refractivity contribution < 1.29 is 0 Å². The molecule has 0 radical (unpaired) electrons. The number of imidazole rings is 1. The lowest BCUT2D eigenvalue weighted by molar-refractivity contribution is 1.27. The normalized spacial score (nSPS) is 11.2. The number of nitrogens with zero attached hydrogens (tertiary/aromatic N) is 2. The maximum Gasteiger partial charge on any atom is 0.150 e. The van der Waals surface area contributed by atoms with Gasteiger partial charge < -0.3 is 10.3 Å². The minimum Gasteiger partial charge on any atom is -0.360 e. The lowest BCUT2D eigenvalue weighted by atomic mass is 10.3. The van der Waals surface area contributed by atoms with E-state index in [9.17, 15) is 5.26 Å². The highest BCUT2D eigenvalue weighted by molar-refractivity contribution is 5.82. The number of allylic oxidation sites excluding steroid dienone is 1. The third kappa shape index (κ3) is 2.38. The zero-order chi connectivity index (χ0) is 13.8. The van der Waals surface area contributed by atoms with Crippen molar-refractivity contribution in [2.75, 3.05) is 5.32 Å². The van der Waals surface area contributed by atoms with E-state index < -0.39 is 0 Å². The average Bonchev–Trinajstić information content (AvgIpc) is 2.92. The van der Waals surface area contributed by atoms with E-state index in [1.807, 2.05) is 54.6 Å². The number of para-hydroxylation sites is 3. The number of hydrogen-bond donors (Lipinski definition) is 2. The van der Waals surface area contributed by atoms with E-state index in [4.69, 9.17) is 0 Å². The van der Waals surface area contributed by atoms with Crippen LogP contribution in [0.5, 0.6) is 0 Å². The molecule has 96 valence electrons. The summed E-state index contributed by atoms with van der Waals surface area (Å²) in [5.74, 6) is 0.567. The quantitative estimate of drug-likeness (QED) is 0.708. The molecule has 3 aromatic rings. The van der Waals surface area contributed by atoms with E-state index in [0.29, 0.717) is 11.4 Å². The molecule has 0 atom stereocenters. The van der Waals surface area contributed by atoms with Crippen molar-refractivity contribution in [3.05, 3.63) is 66.6 Å². The Hall–Kier alpha value is -3.06. The Morgan fingerprint density at radius 1 is 1.10 bits per heavy atom. The number of nitriles is 1. The second kappa shape index (κ2) is 5.29. The molecular weight excluding hydrogens is 248 g/mol. The second-order valence-corrected chi connectivity index (χ2v) is 4.28. The van der Waals surface area contributed by atoms with Gasteiger partial charge in [0.05, 0.1) is 11.0 Å². The molecule has 0 bridgehead atoms. The van der Waals surface area contributed by atoms with Gasteiger partial charge in [0.1, 0.15) is 11.6 Å². The highest BCUT2D eigenvalue weighted by Gasteiger charge is 2.06. The van der Waals surface area contributed by atoms with Gasteiger partial charge in [0.15, 0.2) is 5.82 Å². The van der Waals surface area contributed by atoms with E-state index in [0.717, 1.165) is 16.7 Å². The number of hydrogen-bond acceptors (Lipinski definition) is 3. The van der Waals surface area contributed by atoms with Crippen LogP contribution in [0.1, 0.15) is 5.82 Å². The van der Waals surface area contributed by atoms with Crippen LogP contribution >= 0.6 is 0 Å². The minimum atomic E-state index is 0.463. The summed E-state index contributed by atoms with van der Waals surface area (Å²) in [6.07, 6.45) is 1.66. The molecule has 0 aliphatic heterocycles. The summed E-state index contributed by atoms with van der Waals surface area (Å²) in [6.45, 7) is 0. The molecule has 4 nitrogen and oxygen atoms in total. The zero-order valence-electron chi connectivity index (χ0n) is 10.7. The van der Waals surface area contributed by atoms with Crippen molar-refractivity contribution in [1.82, 2.24) is 9.97 Å². The number of H-pyrrole nitrogens is 1. The number of fused-ring (bicyclic) bond motifs is 1. The SMILES string of the molecule is N#CC(=CNc1ccccc1)c1nc2ccccc2[nH]1. The highest BCUT2D eigenvalue weighted by atomic mass is 14.9. The number of aromatic amines is 1. The standard InChI is InChI=1S/C16H12N4/c17-10-12(11-18-13-6-2-1-3-7-13)16-19-14-8-4-5-9-15(14)20-16/h1-9,11,18H,(H,19,20). The Morgan fingerprint density at radius 3 is 2.60 bits per heavy atom. The van der Waals surface area contributed by atoms with E-state index in [-0.39, 0.29) is 0 Å². The molecule has 0 aliphatic rings. The summed E-state index contributed by atoms with van der Waals surface area (Å²) in [7, 11) is 0. The third-order valence-corrected chi connectivity index (χ3v) is 2.92. The summed E-state index contributed by atoms with van der Waals surface area (Å²) in [5.41, 5.74) is 3.16. The predicted molar refractivity (Wildman–Crippen MR) is 79.7 cm³/mol. The van der Waals surface area contributed by atoms with Gasteiger partial charge in [0.2, 0.25) is 0 Å². The number of anilines is 1. The zero-order valence-corrected chi connectivity index (χ0v) is 10.7. The first kappa shape index (κ1) is 12.0. The van der Waals surface area contributed by atoms with Crippen LogP contribution in [0.4, 0.5) is 5.69 Å². The smallest absolute Gasteiger partial charge is 0.150 e. The molecule has 0 saturated carbocycles. The molecule has 0 amide bonds. The van der Waals surface area contributed by atoms with Crippen LogP contribution in [0.2, 0.25) is 0 Å². The molecule has 2 N–H and O–H groups in total. The van der Waals surface area contributed by atoms with Crippen LogP contribution in [0.3, 0.4) is 0 Å². The van der Waals surface area contributed by atoms with Gasteiger partial charge in [0.25, 0.3) is 0 Å². The van der Waals surface area contributed by atoms with Crippen LogP contribution < -0.4 is 5.32 Å². The molecule has 0 saturated heterocycles. The fourth-order valence-electron chi connectivity index (χ4n) is 1.92. The number of rotatable bonds is 3. The van der Waals surface area contributed by atoms with Gasteiger partial charge in [-0.05, 0) is 24.3 Å². The van der Waals surface area contributed by atoms with Crippen LogP contribution in [-0.2, 0) is 0 Å². The van der Waals surface area contributed by atoms with Crippen LogP contribution in [0.15, 0.2) is 60.8 Å². The molecule has 2 aromatic carbocycles. The van der Waals surface area contributed by atoms with E-state index in [1.54, 1.807) is 6.20 Å². The molecule has 1 heterocycles. The fourth-order valence-corrected chi connectivity index (χ4v) is 1.92. The van der Waals surface area contributed by atoms with Crippen molar-refractivity contribution in [2.24, 2.45) is 0 Å². The molecule has 0 fully saturated rings. The van der Waals surface area contributed by atoms with Crippen LogP contribution in [0.25, 0.3) is 16.6 Å². The average molecular weight is 260 g/mol. The molecule has 3 rings (SSSR count). The summed E-state index contributed by atoms with van der Waals surface area (Å²) in [6, 6.07) is 19.5. The van der Waals surface area contributed by atoms with E-state index in [1.165, 1.54) is 0 Å². The maximum absolute atomic E-state index is 9.26. The molecule has 20 heavy (non-hydrogen) atoms. The van der Waals surface area contributed by atoms with Gasteiger partial charge in [-0.1, -0.05) is 30.3 Å². The maximum atomic E-state index is 9.26. The van der Waals surface area contributed by atoms with Crippen LogP contribution in [-0.4, -0.2) is 9.97 Å². The number of aromatic nitrogens is 2. The highest BCUT2D eigenvalue weighted by Crippen LogP contribution is 2.16. The predicted octanol–water partition coefficient (Wildman–Crippen LogP) is 3.54. The molecule has 1 aromatic heterocycles. The topological polar surface area (TPSA) is 64.5 Å². The molecular formula is C16H12N4. The Kier molecular flexibility index (Phi) is 3.17. The lowest BCUT2D eigenvalue weighted by Gasteiger charge is -2.00. The third-order valence-electron chi connectivity index (χ3n) is 2.92. The van der Waals surface area contributed by atoms with E-state index >= 15 is 0 Å². The van der Waals surface area contributed by atoms with Crippen molar-refractivity contribution in [3.63, 3.8) is 0 Å². The van der Waals surface area contributed by atoms with Crippen molar-refractivity contribution in [2.45, 2.75) is 0 Å². The van der Waals surface area contributed by atoms with E-state index in [2.05, 4.69) is 21.4 Å². The summed E-state index contributed by atoms with van der Waals surface area (Å²) in [4.78, 5) is 7.55. The molecule has 0 unspecified atom stereocenters. The van der Waals surface area contributed by atoms with Gasteiger partial charge >= 0.3 is 0 Å². The monoisotopic (exact) mass is 260 g/mol. The lowest BCUT2D eigenvalue weighted by Crippen LogP contribution is -1.92. The first-order valence-electron chi connectivity index (χ1n) is 6.24. The number of nitrogens with one attached hydrogen (secondary N) is 2. The largest absolute Gasteiger partial charge is 0.360 e. The Morgan fingerprint density at radius 2 is 1.85 bits per heavy atom. The van der Waals surface area contributed by atoms with Crippen LogP contribution in [0, 0.1) is 11.3 Å². The molecule has 4 heteroatoms. The summed E-state index contributed by atoms with van der Waals surface area (Å²) < 4.78 is 0. The van der Waals surface area contributed by atoms with Crippen molar-refractivity contribution in [1.29, 1.82) is 5.26 Å². The van der Waals surface area contributed by atoms with Gasteiger partial charge in [0, 0.05) is 11.9 Å². The van der Waals surface area contributed by atoms with Gasteiger partial charge in [-0.25, -0.2) is 4.98 Å². The van der Waals surface area contributed by atoms with Gasteiger partial charge in [-0.2, -0.15) is 5.26 Å². The Labute approximate surface area is 116 Å². The van der Waals surface area contributed by atoms with Gasteiger partial charge in [-0.3, -0.25) is 0 Å². The Bertz CT molecular complexity index is 761. The summed E-state index contributed by atoms with van der Waals surface area (Å²) >= 11 is 0.